The average Bonchev–Trinajstić information content (AvgIpc) is 3.41. The van der Waals surface area contributed by atoms with Crippen molar-refractivity contribution in [2.75, 3.05) is 6.61 Å². The van der Waals surface area contributed by atoms with Gasteiger partial charge >= 0.3 is 12.1 Å². The number of benzene rings is 3. The van der Waals surface area contributed by atoms with Crippen LogP contribution in [0.4, 0.5) is 13.2 Å². The lowest BCUT2D eigenvalue weighted by atomic mass is 9.96. The van der Waals surface area contributed by atoms with Gasteiger partial charge < -0.3 is 9.47 Å². The molecule has 8 heteroatoms. The third-order valence-corrected chi connectivity index (χ3v) is 7.34. The van der Waals surface area contributed by atoms with E-state index in [0.29, 0.717) is 17.9 Å². The van der Waals surface area contributed by atoms with Gasteiger partial charge in [0.1, 0.15) is 10.8 Å². The van der Waals surface area contributed by atoms with E-state index in [1.54, 1.807) is 19.1 Å². The molecule has 0 aliphatic heterocycles. The summed E-state index contributed by atoms with van der Waals surface area (Å²) in [6.45, 7) is 3.95. The third kappa shape index (κ3) is 5.25. The van der Waals surface area contributed by atoms with Crippen LogP contribution < -0.4 is 4.74 Å². The number of ether oxygens (including phenoxy) is 2. The van der Waals surface area contributed by atoms with Gasteiger partial charge in [0, 0.05) is 28.1 Å². The van der Waals surface area contributed by atoms with Gasteiger partial charge in [0.25, 0.3) is 0 Å². The number of carbonyl (C=O) groups excluding carboxylic acids is 1. The molecule has 37 heavy (non-hydrogen) atoms. The van der Waals surface area contributed by atoms with Crippen LogP contribution in [-0.2, 0) is 15.7 Å². The summed E-state index contributed by atoms with van der Waals surface area (Å²) in [5.74, 6) is -0.157. The fraction of sp³-hybridized carbons (Fsp3) is 0.241. The number of hydrogen-bond acceptors (Lipinski definition) is 5. The normalized spacial score (nSPS) is 15.1. The van der Waals surface area contributed by atoms with E-state index in [4.69, 9.17) is 9.47 Å². The van der Waals surface area contributed by atoms with Gasteiger partial charge in [-0.2, -0.15) is 13.2 Å². The number of thiazole rings is 1. The molecule has 1 heterocycles. The number of carbonyl (C=O) groups is 1. The SMILES string of the molecule is CCOC(=O)CC(c1ccc(OC2c3c(-c4ccccc4)ccc(C(F)(F)F)c32)cc1)c1nc(C)cs1. The minimum atomic E-state index is -4.46. The fourth-order valence-corrected chi connectivity index (χ4v) is 5.46. The van der Waals surface area contributed by atoms with Crippen LogP contribution in [-0.4, -0.2) is 17.6 Å². The summed E-state index contributed by atoms with van der Waals surface area (Å²) in [5.41, 5.74) is 3.37. The molecule has 0 amide bonds. The number of alkyl halides is 3. The van der Waals surface area contributed by atoms with E-state index in [1.165, 1.54) is 17.4 Å². The predicted octanol–water partition coefficient (Wildman–Crippen LogP) is 7.70. The molecule has 4 aromatic rings. The zero-order valence-corrected chi connectivity index (χ0v) is 21.0. The average molecular weight is 524 g/mol. The lowest BCUT2D eigenvalue weighted by Gasteiger charge is -2.15. The summed E-state index contributed by atoms with van der Waals surface area (Å²) in [5, 5.41) is 2.73. The Labute approximate surface area is 216 Å². The molecule has 1 aromatic heterocycles. The molecule has 0 spiro atoms. The van der Waals surface area contributed by atoms with Gasteiger partial charge in [0.05, 0.1) is 18.6 Å². The summed E-state index contributed by atoms with van der Waals surface area (Å²) in [4.78, 5) is 16.8. The number of esters is 1. The smallest absolute Gasteiger partial charge is 0.416 e. The molecule has 5 rings (SSSR count). The molecule has 0 fully saturated rings. The Morgan fingerprint density at radius 1 is 1.03 bits per heavy atom. The van der Waals surface area contributed by atoms with Gasteiger partial charge in [-0.3, -0.25) is 4.79 Å². The van der Waals surface area contributed by atoms with E-state index in [0.717, 1.165) is 33.5 Å². The van der Waals surface area contributed by atoms with Gasteiger partial charge in [-0.05, 0) is 48.7 Å². The second-order valence-electron chi connectivity index (χ2n) is 8.81. The van der Waals surface area contributed by atoms with Crippen LogP contribution in [0.15, 0.2) is 72.1 Å². The van der Waals surface area contributed by atoms with Crippen molar-refractivity contribution in [3.05, 3.63) is 105 Å². The van der Waals surface area contributed by atoms with Gasteiger partial charge in [-0.1, -0.05) is 48.5 Å². The first-order chi connectivity index (χ1) is 17.8. The zero-order valence-electron chi connectivity index (χ0n) is 20.2. The minimum absolute atomic E-state index is 0.143. The van der Waals surface area contributed by atoms with Gasteiger partial charge in [0.15, 0.2) is 6.10 Å². The molecule has 0 bridgehead atoms. The van der Waals surface area contributed by atoms with Gasteiger partial charge in [-0.15, -0.1) is 11.3 Å². The van der Waals surface area contributed by atoms with Gasteiger partial charge in [0.2, 0.25) is 0 Å². The highest BCUT2D eigenvalue weighted by Crippen LogP contribution is 2.55. The Morgan fingerprint density at radius 3 is 2.38 bits per heavy atom. The lowest BCUT2D eigenvalue weighted by Crippen LogP contribution is -2.11. The highest BCUT2D eigenvalue weighted by molar-refractivity contribution is 7.09. The monoisotopic (exact) mass is 523 g/mol. The van der Waals surface area contributed by atoms with Crippen LogP contribution in [0.2, 0.25) is 0 Å². The molecule has 2 atom stereocenters. The van der Waals surface area contributed by atoms with Crippen molar-refractivity contribution < 1.29 is 27.4 Å². The fourth-order valence-electron chi connectivity index (χ4n) is 4.54. The van der Waals surface area contributed by atoms with Crippen molar-refractivity contribution in [1.29, 1.82) is 0 Å². The number of aromatic nitrogens is 1. The van der Waals surface area contributed by atoms with Crippen molar-refractivity contribution >= 4 is 17.3 Å². The molecule has 2 unspecified atom stereocenters. The third-order valence-electron chi connectivity index (χ3n) is 6.27. The van der Waals surface area contributed by atoms with E-state index >= 15 is 0 Å². The highest BCUT2D eigenvalue weighted by atomic mass is 32.1. The minimum Gasteiger partial charge on any atom is -0.481 e. The first-order valence-corrected chi connectivity index (χ1v) is 12.8. The number of hydrogen-bond donors (Lipinski definition) is 0. The molecule has 0 saturated heterocycles. The molecule has 4 nitrogen and oxygen atoms in total. The number of nitrogens with zero attached hydrogens (tertiary/aromatic N) is 1. The number of fused-ring (bicyclic) bond motifs is 1. The van der Waals surface area contributed by atoms with Gasteiger partial charge in [-0.25, -0.2) is 4.98 Å². The molecule has 1 aliphatic carbocycles. The summed E-state index contributed by atoms with van der Waals surface area (Å²) in [7, 11) is 0. The van der Waals surface area contributed by atoms with E-state index in [2.05, 4.69) is 4.98 Å². The van der Waals surface area contributed by atoms with Crippen molar-refractivity contribution in [3.8, 4) is 16.9 Å². The molecule has 1 aliphatic rings. The maximum absolute atomic E-state index is 13.7. The first-order valence-electron chi connectivity index (χ1n) is 11.9. The van der Waals surface area contributed by atoms with E-state index in [-0.39, 0.29) is 23.9 Å². The largest absolute Gasteiger partial charge is 0.481 e. The predicted molar refractivity (Wildman–Crippen MR) is 136 cm³/mol. The molecular weight excluding hydrogens is 499 g/mol. The first kappa shape index (κ1) is 25.0. The molecule has 3 aromatic carbocycles. The Hall–Kier alpha value is -3.65. The van der Waals surface area contributed by atoms with Crippen molar-refractivity contribution in [2.24, 2.45) is 0 Å². The molecular formula is C29H24F3NO3S. The number of halogens is 3. The molecule has 190 valence electrons. The van der Waals surface area contributed by atoms with Crippen molar-refractivity contribution in [3.63, 3.8) is 0 Å². The summed E-state index contributed by atoms with van der Waals surface area (Å²) < 4.78 is 52.3. The van der Waals surface area contributed by atoms with Crippen LogP contribution in [0.3, 0.4) is 0 Å². The second-order valence-corrected chi connectivity index (χ2v) is 9.70. The van der Waals surface area contributed by atoms with Crippen molar-refractivity contribution in [1.82, 2.24) is 4.98 Å². The van der Waals surface area contributed by atoms with Crippen LogP contribution >= 0.6 is 11.3 Å². The lowest BCUT2D eigenvalue weighted by molar-refractivity contribution is -0.143. The van der Waals surface area contributed by atoms with Crippen molar-refractivity contribution in [2.45, 2.75) is 38.5 Å². The van der Waals surface area contributed by atoms with Crippen LogP contribution in [0.1, 0.15) is 58.3 Å². The number of rotatable bonds is 8. The summed E-state index contributed by atoms with van der Waals surface area (Å²) >= 11 is 1.48. The second kappa shape index (κ2) is 10.0. The van der Waals surface area contributed by atoms with Crippen LogP contribution in [0, 0.1) is 6.92 Å². The van der Waals surface area contributed by atoms with Crippen LogP contribution in [0.25, 0.3) is 11.1 Å². The van der Waals surface area contributed by atoms with Crippen LogP contribution in [0.5, 0.6) is 5.75 Å². The standard InChI is InChI=1S/C29H24F3NO3S/c1-3-35-24(34)15-22(28-33-17(2)16-37-28)19-9-11-20(12-10-19)36-27-25-21(18-7-5-4-6-8-18)13-14-23(26(25)27)29(30,31)32/h4-14,16,22,27H,3,15H2,1-2H3. The Bertz CT molecular complexity index is 1410. The molecule has 0 saturated carbocycles. The maximum Gasteiger partial charge on any atom is 0.416 e. The summed E-state index contributed by atoms with van der Waals surface area (Å²) in [6, 6.07) is 19.1. The zero-order chi connectivity index (χ0) is 26.2. The Kier molecular flexibility index (Phi) is 6.77. The quantitative estimate of drug-likeness (QED) is 0.222. The maximum atomic E-state index is 13.7. The Morgan fingerprint density at radius 2 is 1.76 bits per heavy atom. The Balaban J connectivity index is 1.41. The van der Waals surface area contributed by atoms with E-state index in [9.17, 15) is 18.0 Å². The highest BCUT2D eigenvalue weighted by Gasteiger charge is 2.48. The molecule has 0 N–H and O–H groups in total. The summed E-state index contributed by atoms with van der Waals surface area (Å²) in [6.07, 6.45) is -5.10. The number of aryl methyl sites for hydroxylation is 1. The van der Waals surface area contributed by atoms with E-state index in [1.807, 2.05) is 54.8 Å². The topological polar surface area (TPSA) is 48.4 Å². The van der Waals surface area contributed by atoms with E-state index < -0.39 is 17.8 Å². The molecule has 0 radical (unpaired) electrons.